The van der Waals surface area contributed by atoms with Gasteiger partial charge in [-0.05, 0) is 12.5 Å². The fourth-order valence-electron chi connectivity index (χ4n) is 1.75. The Balaban J connectivity index is 1.59. The lowest BCUT2D eigenvalue weighted by Crippen LogP contribution is -2.46. The second-order valence-electron chi connectivity index (χ2n) is 3.95. The minimum atomic E-state index is 0.00812. The molecule has 0 saturated carbocycles. The average Bonchev–Trinajstić information content (AvgIpc) is 2.88. The topological polar surface area (TPSA) is 59.4 Å². The van der Waals surface area contributed by atoms with Gasteiger partial charge in [0.1, 0.15) is 0 Å². The van der Waals surface area contributed by atoms with Crippen LogP contribution in [0, 0.1) is 0 Å². The highest BCUT2D eigenvalue weighted by Crippen LogP contribution is 1.97. The minimum absolute atomic E-state index is 0.00812. The van der Waals surface area contributed by atoms with Crippen molar-refractivity contribution in [2.45, 2.75) is 13.0 Å². The van der Waals surface area contributed by atoms with Crippen LogP contribution in [-0.4, -0.2) is 53.6 Å². The number of hydrogen-bond donors (Lipinski definition) is 1. The molecule has 17 heavy (non-hydrogen) atoms. The number of carbonyl (C=O) groups is 1. The molecule has 0 spiro atoms. The normalized spacial score (nSPS) is 15.9. The van der Waals surface area contributed by atoms with E-state index in [4.69, 9.17) is 4.74 Å². The highest BCUT2D eigenvalue weighted by Gasteiger charge is 2.15. The first-order valence-electron chi connectivity index (χ1n) is 5.94. The van der Waals surface area contributed by atoms with Crippen molar-refractivity contribution in [2.24, 2.45) is 0 Å². The molecule has 1 aromatic heterocycles. The number of urea groups is 1. The van der Waals surface area contributed by atoms with Crippen molar-refractivity contribution in [3.05, 3.63) is 18.5 Å². The van der Waals surface area contributed by atoms with E-state index >= 15 is 0 Å². The van der Waals surface area contributed by atoms with E-state index in [0.717, 1.165) is 13.0 Å². The first-order valence-corrected chi connectivity index (χ1v) is 5.94. The van der Waals surface area contributed by atoms with Crippen molar-refractivity contribution in [1.82, 2.24) is 20.0 Å². The molecule has 1 aliphatic heterocycles. The Morgan fingerprint density at radius 3 is 2.94 bits per heavy atom. The summed E-state index contributed by atoms with van der Waals surface area (Å²) in [4.78, 5) is 13.5. The third kappa shape index (κ3) is 3.74. The highest BCUT2D eigenvalue weighted by molar-refractivity contribution is 5.74. The number of morpholine rings is 1. The molecule has 1 saturated heterocycles. The second kappa shape index (κ2) is 6.24. The van der Waals surface area contributed by atoms with Gasteiger partial charge >= 0.3 is 6.03 Å². The minimum Gasteiger partial charge on any atom is -0.378 e. The number of hydrogen-bond acceptors (Lipinski definition) is 3. The van der Waals surface area contributed by atoms with Gasteiger partial charge in [0.05, 0.1) is 13.2 Å². The fourth-order valence-corrected chi connectivity index (χ4v) is 1.75. The van der Waals surface area contributed by atoms with E-state index in [2.05, 4.69) is 10.4 Å². The third-order valence-electron chi connectivity index (χ3n) is 2.70. The molecular formula is C11H18N4O2. The average molecular weight is 238 g/mol. The van der Waals surface area contributed by atoms with Gasteiger partial charge < -0.3 is 15.0 Å². The lowest BCUT2D eigenvalue weighted by atomic mass is 10.4. The van der Waals surface area contributed by atoms with Crippen LogP contribution >= 0.6 is 0 Å². The molecule has 1 aliphatic rings. The maximum absolute atomic E-state index is 11.7. The number of nitrogens with zero attached hydrogens (tertiary/aromatic N) is 3. The number of aromatic nitrogens is 2. The van der Waals surface area contributed by atoms with Gasteiger partial charge in [-0.3, -0.25) is 4.68 Å². The number of nitrogens with one attached hydrogen (secondary N) is 1. The van der Waals surface area contributed by atoms with Crippen LogP contribution < -0.4 is 5.32 Å². The predicted octanol–water partition coefficient (Wildman–Crippen LogP) is 0.315. The largest absolute Gasteiger partial charge is 0.378 e. The number of rotatable bonds is 4. The van der Waals surface area contributed by atoms with Crippen LogP contribution in [0.25, 0.3) is 0 Å². The Kier molecular flexibility index (Phi) is 4.37. The molecule has 0 unspecified atom stereocenters. The first kappa shape index (κ1) is 11.9. The van der Waals surface area contributed by atoms with Crippen LogP contribution in [-0.2, 0) is 11.3 Å². The van der Waals surface area contributed by atoms with E-state index in [0.29, 0.717) is 32.8 Å². The molecule has 2 heterocycles. The highest BCUT2D eigenvalue weighted by atomic mass is 16.5. The molecule has 0 aliphatic carbocycles. The summed E-state index contributed by atoms with van der Waals surface area (Å²) in [6, 6.07) is 1.90. The van der Waals surface area contributed by atoms with E-state index in [1.54, 1.807) is 11.1 Å². The van der Waals surface area contributed by atoms with Gasteiger partial charge in [-0.2, -0.15) is 5.10 Å². The van der Waals surface area contributed by atoms with Gasteiger partial charge in [0.15, 0.2) is 0 Å². The summed E-state index contributed by atoms with van der Waals surface area (Å²) in [7, 11) is 0. The summed E-state index contributed by atoms with van der Waals surface area (Å²) in [6.45, 7) is 4.16. The van der Waals surface area contributed by atoms with Crippen LogP contribution in [0.1, 0.15) is 6.42 Å². The van der Waals surface area contributed by atoms with Crippen LogP contribution in [0.15, 0.2) is 18.5 Å². The summed E-state index contributed by atoms with van der Waals surface area (Å²) < 4.78 is 7.05. The molecule has 2 amide bonds. The van der Waals surface area contributed by atoms with Crippen LogP contribution in [0.4, 0.5) is 4.79 Å². The van der Waals surface area contributed by atoms with Crippen molar-refractivity contribution < 1.29 is 9.53 Å². The molecule has 0 aromatic carbocycles. The number of aryl methyl sites for hydroxylation is 1. The van der Waals surface area contributed by atoms with Crippen molar-refractivity contribution in [3.63, 3.8) is 0 Å². The monoisotopic (exact) mass is 238 g/mol. The van der Waals surface area contributed by atoms with Crippen molar-refractivity contribution in [1.29, 1.82) is 0 Å². The van der Waals surface area contributed by atoms with Crippen LogP contribution in [0.3, 0.4) is 0 Å². The second-order valence-corrected chi connectivity index (χ2v) is 3.95. The standard InChI is InChI=1S/C11H18N4O2/c16-11(14-7-9-17-10-8-14)12-3-1-5-15-6-2-4-13-15/h2,4,6H,1,3,5,7-10H2,(H,12,16). The number of amides is 2. The zero-order chi connectivity index (χ0) is 11.9. The Morgan fingerprint density at radius 2 is 2.24 bits per heavy atom. The van der Waals surface area contributed by atoms with Crippen molar-refractivity contribution in [2.75, 3.05) is 32.8 Å². The molecule has 2 rings (SSSR count). The van der Waals surface area contributed by atoms with Gasteiger partial charge in [0, 0.05) is 38.6 Å². The molecule has 94 valence electrons. The number of carbonyl (C=O) groups excluding carboxylic acids is 1. The molecule has 1 N–H and O–H groups in total. The zero-order valence-electron chi connectivity index (χ0n) is 9.84. The van der Waals surface area contributed by atoms with E-state index in [1.807, 2.05) is 16.9 Å². The summed E-state index contributed by atoms with van der Waals surface area (Å²) in [5.41, 5.74) is 0. The Morgan fingerprint density at radius 1 is 1.41 bits per heavy atom. The fraction of sp³-hybridized carbons (Fsp3) is 0.636. The van der Waals surface area contributed by atoms with Crippen molar-refractivity contribution in [3.8, 4) is 0 Å². The lowest BCUT2D eigenvalue weighted by molar-refractivity contribution is 0.0532. The van der Waals surface area contributed by atoms with Gasteiger partial charge in [0.2, 0.25) is 0 Å². The maximum Gasteiger partial charge on any atom is 0.317 e. The first-order chi connectivity index (χ1) is 8.36. The Hall–Kier alpha value is -1.56. The predicted molar refractivity (Wildman–Crippen MR) is 62.6 cm³/mol. The van der Waals surface area contributed by atoms with E-state index in [1.165, 1.54) is 0 Å². The van der Waals surface area contributed by atoms with Gasteiger partial charge in [-0.15, -0.1) is 0 Å². The maximum atomic E-state index is 11.7. The molecule has 1 aromatic rings. The van der Waals surface area contributed by atoms with Gasteiger partial charge in [0.25, 0.3) is 0 Å². The molecular weight excluding hydrogens is 220 g/mol. The Bertz CT molecular complexity index is 333. The Labute approximate surface area is 101 Å². The molecule has 0 atom stereocenters. The lowest BCUT2D eigenvalue weighted by Gasteiger charge is -2.26. The SMILES string of the molecule is O=C(NCCCn1cccn1)N1CCOCC1. The van der Waals surface area contributed by atoms with Crippen LogP contribution in [0.2, 0.25) is 0 Å². The van der Waals surface area contributed by atoms with E-state index in [-0.39, 0.29) is 6.03 Å². The smallest absolute Gasteiger partial charge is 0.317 e. The van der Waals surface area contributed by atoms with E-state index in [9.17, 15) is 4.79 Å². The van der Waals surface area contributed by atoms with Crippen LogP contribution in [0.5, 0.6) is 0 Å². The molecule has 1 fully saturated rings. The summed E-state index contributed by atoms with van der Waals surface area (Å²) in [5, 5.41) is 7.00. The van der Waals surface area contributed by atoms with Gasteiger partial charge in [-0.25, -0.2) is 4.79 Å². The quantitative estimate of drug-likeness (QED) is 0.768. The molecule has 6 heteroatoms. The molecule has 0 radical (unpaired) electrons. The van der Waals surface area contributed by atoms with Gasteiger partial charge in [-0.1, -0.05) is 0 Å². The zero-order valence-corrected chi connectivity index (χ0v) is 9.84. The summed E-state index contributed by atoms with van der Waals surface area (Å²) in [5.74, 6) is 0. The molecule has 6 nitrogen and oxygen atoms in total. The summed E-state index contributed by atoms with van der Waals surface area (Å²) >= 11 is 0. The number of ether oxygens (including phenoxy) is 1. The van der Waals surface area contributed by atoms with E-state index < -0.39 is 0 Å². The third-order valence-corrected chi connectivity index (χ3v) is 2.70. The summed E-state index contributed by atoms with van der Waals surface area (Å²) in [6.07, 6.45) is 4.56. The molecule has 0 bridgehead atoms. The van der Waals surface area contributed by atoms with Crippen molar-refractivity contribution >= 4 is 6.03 Å².